The lowest BCUT2D eigenvalue weighted by molar-refractivity contribution is 0.514. The van der Waals surface area contributed by atoms with Crippen molar-refractivity contribution in [3.8, 4) is 0 Å². The van der Waals surface area contributed by atoms with Crippen LogP contribution in [-0.4, -0.2) is 17.1 Å². The molecule has 0 bridgehead atoms. The van der Waals surface area contributed by atoms with Crippen molar-refractivity contribution in [2.75, 3.05) is 11.4 Å². The van der Waals surface area contributed by atoms with Crippen LogP contribution in [0, 0.1) is 6.92 Å². The van der Waals surface area contributed by atoms with Gasteiger partial charge in [0.2, 0.25) is 0 Å². The molecule has 1 fully saturated rings. The van der Waals surface area contributed by atoms with E-state index in [4.69, 9.17) is 0 Å². The van der Waals surface area contributed by atoms with Gasteiger partial charge in [-0.1, -0.05) is 0 Å². The van der Waals surface area contributed by atoms with Crippen LogP contribution in [0.1, 0.15) is 32.3 Å². The van der Waals surface area contributed by atoms with Crippen molar-refractivity contribution >= 4 is 21.7 Å². The topological polar surface area (TPSA) is 16.1 Å². The van der Waals surface area contributed by atoms with Gasteiger partial charge < -0.3 is 4.90 Å². The molecule has 2 rings (SSSR count). The molecule has 2 nitrogen and oxygen atoms in total. The van der Waals surface area contributed by atoms with Gasteiger partial charge >= 0.3 is 0 Å². The molecule has 2 heterocycles. The van der Waals surface area contributed by atoms with Gasteiger partial charge in [-0.05, 0) is 61.2 Å². The fourth-order valence-corrected chi connectivity index (χ4v) is 2.42. The summed E-state index contributed by atoms with van der Waals surface area (Å²) in [7, 11) is 0. The maximum atomic E-state index is 4.50. The van der Waals surface area contributed by atoms with Crippen LogP contribution in [0.2, 0.25) is 0 Å². The molecule has 82 valence electrons. The summed E-state index contributed by atoms with van der Waals surface area (Å²) < 4.78 is 1.09. The summed E-state index contributed by atoms with van der Waals surface area (Å²) in [6.07, 6.45) is 4.42. The molecule has 0 spiro atoms. The van der Waals surface area contributed by atoms with Crippen LogP contribution in [0.3, 0.4) is 0 Å². The van der Waals surface area contributed by atoms with Crippen molar-refractivity contribution in [3.63, 3.8) is 0 Å². The SMILES string of the molecule is Cc1cc(N2CCCC2(C)C)ncc1Br. The largest absolute Gasteiger partial charge is 0.351 e. The molecule has 0 saturated carbocycles. The number of hydrogen-bond acceptors (Lipinski definition) is 2. The van der Waals surface area contributed by atoms with E-state index in [9.17, 15) is 0 Å². The summed E-state index contributed by atoms with van der Waals surface area (Å²) in [5.41, 5.74) is 1.51. The Kier molecular flexibility index (Phi) is 2.75. The summed E-state index contributed by atoms with van der Waals surface area (Å²) in [4.78, 5) is 6.90. The predicted molar refractivity (Wildman–Crippen MR) is 67.3 cm³/mol. The maximum absolute atomic E-state index is 4.50. The summed E-state index contributed by atoms with van der Waals surface area (Å²) >= 11 is 3.49. The van der Waals surface area contributed by atoms with E-state index in [1.807, 2.05) is 6.20 Å². The van der Waals surface area contributed by atoms with E-state index in [2.05, 4.69) is 52.7 Å². The van der Waals surface area contributed by atoms with Gasteiger partial charge in [0.25, 0.3) is 0 Å². The molecule has 1 aromatic heterocycles. The van der Waals surface area contributed by atoms with E-state index < -0.39 is 0 Å². The Hall–Kier alpha value is -0.570. The monoisotopic (exact) mass is 268 g/mol. The van der Waals surface area contributed by atoms with Crippen molar-refractivity contribution in [1.29, 1.82) is 0 Å². The van der Waals surface area contributed by atoms with Gasteiger partial charge in [-0.3, -0.25) is 0 Å². The number of aromatic nitrogens is 1. The highest BCUT2D eigenvalue weighted by Crippen LogP contribution is 2.33. The molecular formula is C12H17BrN2. The molecule has 0 atom stereocenters. The molecule has 15 heavy (non-hydrogen) atoms. The first-order valence-corrected chi connectivity index (χ1v) is 6.20. The van der Waals surface area contributed by atoms with Crippen molar-refractivity contribution in [2.24, 2.45) is 0 Å². The van der Waals surface area contributed by atoms with Crippen molar-refractivity contribution < 1.29 is 0 Å². The Balaban J connectivity index is 2.33. The van der Waals surface area contributed by atoms with Crippen LogP contribution < -0.4 is 4.90 Å². The number of anilines is 1. The van der Waals surface area contributed by atoms with Crippen molar-refractivity contribution in [1.82, 2.24) is 4.98 Å². The van der Waals surface area contributed by atoms with E-state index in [1.54, 1.807) is 0 Å². The summed E-state index contributed by atoms with van der Waals surface area (Å²) in [5.74, 6) is 1.11. The zero-order chi connectivity index (χ0) is 11.1. The van der Waals surface area contributed by atoms with E-state index >= 15 is 0 Å². The molecule has 0 radical (unpaired) electrons. The van der Waals surface area contributed by atoms with Crippen LogP contribution >= 0.6 is 15.9 Å². The van der Waals surface area contributed by atoms with Crippen LogP contribution in [0.5, 0.6) is 0 Å². The lowest BCUT2D eigenvalue weighted by Crippen LogP contribution is -2.38. The lowest BCUT2D eigenvalue weighted by atomic mass is 10.0. The van der Waals surface area contributed by atoms with Gasteiger partial charge in [0.1, 0.15) is 5.82 Å². The second-order valence-corrected chi connectivity index (χ2v) is 5.71. The molecule has 1 aliphatic heterocycles. The molecule has 1 saturated heterocycles. The Morgan fingerprint density at radius 3 is 2.73 bits per heavy atom. The highest BCUT2D eigenvalue weighted by atomic mass is 79.9. The third-order valence-electron chi connectivity index (χ3n) is 3.21. The summed E-state index contributed by atoms with van der Waals surface area (Å²) in [6.45, 7) is 7.82. The first-order chi connectivity index (χ1) is 7.00. The minimum absolute atomic E-state index is 0.257. The van der Waals surface area contributed by atoms with Gasteiger partial charge in [0.05, 0.1) is 0 Å². The number of pyridine rings is 1. The highest BCUT2D eigenvalue weighted by molar-refractivity contribution is 9.10. The van der Waals surface area contributed by atoms with Crippen LogP contribution in [0.15, 0.2) is 16.7 Å². The third kappa shape index (κ3) is 2.03. The van der Waals surface area contributed by atoms with Gasteiger partial charge in [0.15, 0.2) is 0 Å². The molecule has 0 N–H and O–H groups in total. The number of nitrogens with zero attached hydrogens (tertiary/aromatic N) is 2. The number of hydrogen-bond donors (Lipinski definition) is 0. The predicted octanol–water partition coefficient (Wildman–Crippen LogP) is 3.53. The quantitative estimate of drug-likeness (QED) is 0.775. The van der Waals surface area contributed by atoms with Gasteiger partial charge in [-0.15, -0.1) is 0 Å². The minimum atomic E-state index is 0.257. The summed E-state index contributed by atoms with van der Waals surface area (Å²) in [6, 6.07) is 2.16. The second-order valence-electron chi connectivity index (χ2n) is 4.86. The Labute approximate surface area is 99.8 Å². The van der Waals surface area contributed by atoms with E-state index in [0.29, 0.717) is 0 Å². The number of halogens is 1. The molecular weight excluding hydrogens is 252 g/mol. The zero-order valence-corrected chi connectivity index (χ0v) is 11.1. The Bertz CT molecular complexity index is 374. The Morgan fingerprint density at radius 1 is 1.47 bits per heavy atom. The smallest absolute Gasteiger partial charge is 0.129 e. The molecule has 0 aromatic carbocycles. The maximum Gasteiger partial charge on any atom is 0.129 e. The fourth-order valence-electron chi connectivity index (χ4n) is 2.20. The first-order valence-electron chi connectivity index (χ1n) is 5.40. The molecule has 1 aromatic rings. The highest BCUT2D eigenvalue weighted by Gasteiger charge is 2.32. The molecule has 0 unspecified atom stereocenters. The lowest BCUT2D eigenvalue weighted by Gasteiger charge is -2.32. The van der Waals surface area contributed by atoms with Crippen LogP contribution in [0.25, 0.3) is 0 Å². The second kappa shape index (κ2) is 3.78. The average Bonchev–Trinajstić information content (AvgIpc) is 2.50. The van der Waals surface area contributed by atoms with Gasteiger partial charge in [-0.25, -0.2) is 4.98 Å². The normalized spacial score (nSPS) is 19.6. The Morgan fingerprint density at radius 2 is 2.20 bits per heavy atom. The van der Waals surface area contributed by atoms with E-state index in [1.165, 1.54) is 18.4 Å². The van der Waals surface area contributed by atoms with E-state index in [-0.39, 0.29) is 5.54 Å². The van der Waals surface area contributed by atoms with Crippen molar-refractivity contribution in [3.05, 3.63) is 22.3 Å². The molecule has 1 aliphatic rings. The number of rotatable bonds is 1. The molecule has 3 heteroatoms. The number of aryl methyl sites for hydroxylation is 1. The average molecular weight is 269 g/mol. The first kappa shape index (κ1) is 10.9. The van der Waals surface area contributed by atoms with Crippen LogP contribution in [0.4, 0.5) is 5.82 Å². The third-order valence-corrected chi connectivity index (χ3v) is 4.04. The van der Waals surface area contributed by atoms with Gasteiger partial charge in [0, 0.05) is 22.8 Å². The van der Waals surface area contributed by atoms with E-state index in [0.717, 1.165) is 16.8 Å². The minimum Gasteiger partial charge on any atom is -0.351 e. The van der Waals surface area contributed by atoms with Crippen molar-refractivity contribution in [2.45, 2.75) is 39.2 Å². The standard InChI is InChI=1S/C12H17BrN2/c1-9-7-11(14-8-10(9)13)15-6-4-5-12(15,2)3/h7-8H,4-6H2,1-3H3. The summed E-state index contributed by atoms with van der Waals surface area (Å²) in [5, 5.41) is 0. The fraction of sp³-hybridized carbons (Fsp3) is 0.583. The molecule has 0 amide bonds. The molecule has 0 aliphatic carbocycles. The van der Waals surface area contributed by atoms with Gasteiger partial charge in [-0.2, -0.15) is 0 Å². The zero-order valence-electron chi connectivity index (χ0n) is 9.55. The van der Waals surface area contributed by atoms with Crippen LogP contribution in [-0.2, 0) is 0 Å².